The molecule has 3 nitrogen and oxygen atoms in total. The summed E-state index contributed by atoms with van der Waals surface area (Å²) < 4.78 is 5.50. The third-order valence-electron chi connectivity index (χ3n) is 5.12. The lowest BCUT2D eigenvalue weighted by Crippen LogP contribution is -2.26. The van der Waals surface area contributed by atoms with Crippen LogP contribution >= 0.6 is 0 Å². The fourth-order valence-electron chi connectivity index (χ4n) is 4.07. The summed E-state index contributed by atoms with van der Waals surface area (Å²) in [5.74, 6) is -0.507. The predicted octanol–water partition coefficient (Wildman–Crippen LogP) is 5.26. The summed E-state index contributed by atoms with van der Waals surface area (Å²) in [6, 6.07) is 18.5. The van der Waals surface area contributed by atoms with Crippen molar-refractivity contribution in [3.8, 4) is 0 Å². The van der Waals surface area contributed by atoms with Crippen LogP contribution in [0.3, 0.4) is 0 Å². The molecule has 0 saturated carbocycles. The third kappa shape index (κ3) is 3.77. The van der Waals surface area contributed by atoms with E-state index in [1.165, 1.54) is 17.3 Å². The van der Waals surface area contributed by atoms with Crippen LogP contribution < -0.4 is 0 Å². The second-order valence-electron chi connectivity index (χ2n) is 6.66. The molecule has 0 radical (unpaired) electrons. The minimum Gasteiger partial charge on any atom is -0.466 e. The van der Waals surface area contributed by atoms with E-state index >= 15 is 0 Å². The molecular formula is C24H25NO2. The van der Waals surface area contributed by atoms with E-state index in [1.54, 1.807) is 6.21 Å². The molecule has 27 heavy (non-hydrogen) atoms. The summed E-state index contributed by atoms with van der Waals surface area (Å²) in [6.07, 6.45) is 5.19. The summed E-state index contributed by atoms with van der Waals surface area (Å²) in [6.45, 7) is 7.89. The number of nitrogens with zero attached hydrogens (tertiary/aromatic N) is 1. The number of hydrogen-bond donors (Lipinski definition) is 0. The molecule has 3 rings (SSSR count). The van der Waals surface area contributed by atoms with Crippen molar-refractivity contribution in [2.24, 2.45) is 10.9 Å². The normalized spacial score (nSPS) is 21.9. The second-order valence-corrected chi connectivity index (χ2v) is 6.66. The van der Waals surface area contributed by atoms with Crippen molar-refractivity contribution in [2.45, 2.75) is 25.7 Å². The highest BCUT2D eigenvalue weighted by Crippen LogP contribution is 2.52. The lowest BCUT2D eigenvalue weighted by molar-refractivity contribution is -0.148. The molecule has 0 fully saturated rings. The van der Waals surface area contributed by atoms with Gasteiger partial charge in [0, 0.05) is 24.3 Å². The molecular weight excluding hydrogens is 334 g/mol. The van der Waals surface area contributed by atoms with E-state index < -0.39 is 0 Å². The van der Waals surface area contributed by atoms with E-state index in [-0.39, 0.29) is 23.7 Å². The van der Waals surface area contributed by atoms with Crippen molar-refractivity contribution in [1.82, 2.24) is 0 Å². The highest BCUT2D eigenvalue weighted by atomic mass is 16.5. The molecule has 3 atom stereocenters. The molecule has 0 N–H and O–H groups in total. The van der Waals surface area contributed by atoms with Gasteiger partial charge in [0.25, 0.3) is 0 Å². The van der Waals surface area contributed by atoms with Gasteiger partial charge in [-0.1, -0.05) is 66.7 Å². The molecule has 0 spiro atoms. The van der Waals surface area contributed by atoms with Crippen molar-refractivity contribution in [2.75, 3.05) is 6.61 Å². The van der Waals surface area contributed by atoms with Gasteiger partial charge < -0.3 is 4.74 Å². The molecule has 3 unspecified atom stereocenters. The Kier molecular flexibility index (Phi) is 6.02. The molecule has 0 saturated heterocycles. The van der Waals surface area contributed by atoms with Crippen LogP contribution in [0.1, 0.15) is 42.4 Å². The predicted molar refractivity (Wildman–Crippen MR) is 110 cm³/mol. The number of fused-ring (bicyclic) bond motifs is 1. The topological polar surface area (TPSA) is 38.7 Å². The van der Waals surface area contributed by atoms with E-state index in [9.17, 15) is 4.79 Å². The van der Waals surface area contributed by atoms with Gasteiger partial charge in [-0.25, -0.2) is 0 Å². The Balaban J connectivity index is 2.15. The average Bonchev–Trinajstić information content (AvgIpc) is 3.04. The Hall–Kier alpha value is -2.94. The summed E-state index contributed by atoms with van der Waals surface area (Å²) >= 11 is 0. The first kappa shape index (κ1) is 18.8. The number of carbonyl (C=O) groups excluding carboxylic acids is 1. The number of benzene rings is 2. The Morgan fingerprint density at radius 1 is 1.11 bits per heavy atom. The first-order chi connectivity index (χ1) is 13.2. The third-order valence-corrected chi connectivity index (χ3v) is 5.12. The number of allylic oxidation sites excluding steroid dienone is 2. The van der Waals surface area contributed by atoms with E-state index in [2.05, 4.69) is 42.8 Å². The zero-order chi connectivity index (χ0) is 19.2. The Morgan fingerprint density at radius 3 is 2.44 bits per heavy atom. The van der Waals surface area contributed by atoms with E-state index in [1.807, 2.05) is 43.3 Å². The molecule has 2 aromatic carbocycles. The maximum absolute atomic E-state index is 13.0. The monoisotopic (exact) mass is 359 g/mol. The van der Waals surface area contributed by atoms with E-state index in [4.69, 9.17) is 4.74 Å². The molecule has 0 heterocycles. The fraction of sp³-hybridized carbons (Fsp3) is 0.250. The Labute approximate surface area is 161 Å². The van der Waals surface area contributed by atoms with Gasteiger partial charge >= 0.3 is 5.97 Å². The van der Waals surface area contributed by atoms with Crippen molar-refractivity contribution in [3.63, 3.8) is 0 Å². The number of aliphatic imine (C=N–C) groups is 1. The Bertz CT molecular complexity index is 867. The zero-order valence-corrected chi connectivity index (χ0v) is 15.8. The molecule has 0 aliphatic heterocycles. The summed E-state index contributed by atoms with van der Waals surface area (Å²) in [4.78, 5) is 17.1. The van der Waals surface area contributed by atoms with Gasteiger partial charge in [0.1, 0.15) is 0 Å². The van der Waals surface area contributed by atoms with Crippen LogP contribution in [0.15, 0.2) is 84.0 Å². The summed E-state index contributed by atoms with van der Waals surface area (Å²) in [5.41, 5.74) is 4.60. The fourth-order valence-corrected chi connectivity index (χ4v) is 4.07. The number of carbonyl (C=O) groups is 1. The SMILES string of the molecule is C=CN=C/C=C(\C)C1c2ccccc2C(c2ccccc2)C1C(=O)OCC. The molecule has 0 amide bonds. The lowest BCUT2D eigenvalue weighted by Gasteiger charge is -2.25. The van der Waals surface area contributed by atoms with E-state index in [0.717, 1.165) is 11.1 Å². The maximum atomic E-state index is 13.0. The number of rotatable bonds is 6. The first-order valence-corrected chi connectivity index (χ1v) is 9.30. The number of ether oxygens (including phenoxy) is 1. The first-order valence-electron chi connectivity index (χ1n) is 9.30. The second kappa shape index (κ2) is 8.63. The van der Waals surface area contributed by atoms with Crippen LogP contribution in [0.25, 0.3) is 0 Å². The van der Waals surface area contributed by atoms with Crippen LogP contribution in [-0.4, -0.2) is 18.8 Å². The Morgan fingerprint density at radius 2 is 1.78 bits per heavy atom. The number of hydrogen-bond acceptors (Lipinski definition) is 3. The zero-order valence-electron chi connectivity index (χ0n) is 15.8. The molecule has 0 aromatic heterocycles. The quantitative estimate of drug-likeness (QED) is 0.521. The standard InChI is InChI=1S/C24H25NO2/c1-4-25-16-15-17(3)21-19-13-9-10-14-20(19)22(18-11-7-6-8-12-18)23(21)24(26)27-5-2/h4,6-16,21-23H,1,5H2,2-3H3/b17-15+,25-16?. The summed E-state index contributed by atoms with van der Waals surface area (Å²) in [7, 11) is 0. The minimum absolute atomic E-state index is 0.0221. The van der Waals surface area contributed by atoms with Crippen molar-refractivity contribution >= 4 is 12.2 Å². The van der Waals surface area contributed by atoms with Crippen LogP contribution in [0.2, 0.25) is 0 Å². The van der Waals surface area contributed by atoms with Crippen molar-refractivity contribution < 1.29 is 9.53 Å². The maximum Gasteiger partial charge on any atom is 0.310 e. The van der Waals surface area contributed by atoms with Crippen LogP contribution in [0, 0.1) is 5.92 Å². The molecule has 3 heteroatoms. The number of esters is 1. The van der Waals surface area contributed by atoms with E-state index in [0.29, 0.717) is 6.61 Å². The highest BCUT2D eigenvalue weighted by molar-refractivity contribution is 5.80. The minimum atomic E-state index is -0.293. The van der Waals surface area contributed by atoms with Gasteiger partial charge in [-0.05, 0) is 36.6 Å². The highest BCUT2D eigenvalue weighted by Gasteiger charge is 2.46. The van der Waals surface area contributed by atoms with Gasteiger partial charge in [-0.15, -0.1) is 0 Å². The smallest absolute Gasteiger partial charge is 0.310 e. The van der Waals surface area contributed by atoms with Gasteiger partial charge in [0.05, 0.1) is 12.5 Å². The van der Waals surface area contributed by atoms with Crippen molar-refractivity contribution in [3.05, 3.63) is 95.7 Å². The summed E-state index contributed by atoms with van der Waals surface area (Å²) in [5, 5.41) is 0. The van der Waals surface area contributed by atoms with Gasteiger partial charge in [0.15, 0.2) is 0 Å². The molecule has 138 valence electrons. The largest absolute Gasteiger partial charge is 0.466 e. The molecule has 1 aliphatic rings. The molecule has 0 bridgehead atoms. The van der Waals surface area contributed by atoms with Crippen LogP contribution in [0.5, 0.6) is 0 Å². The van der Waals surface area contributed by atoms with Crippen LogP contribution in [0.4, 0.5) is 0 Å². The average molecular weight is 359 g/mol. The van der Waals surface area contributed by atoms with Gasteiger partial charge in [-0.2, -0.15) is 0 Å². The van der Waals surface area contributed by atoms with Crippen molar-refractivity contribution in [1.29, 1.82) is 0 Å². The van der Waals surface area contributed by atoms with Gasteiger partial charge in [-0.3, -0.25) is 9.79 Å². The molecule has 2 aromatic rings. The van der Waals surface area contributed by atoms with Crippen LogP contribution in [-0.2, 0) is 9.53 Å². The van der Waals surface area contributed by atoms with Gasteiger partial charge in [0.2, 0.25) is 0 Å². The molecule has 1 aliphatic carbocycles. The lowest BCUT2D eigenvalue weighted by atomic mass is 9.79.